The molecule has 5 heteroatoms. The zero-order valence-electron chi connectivity index (χ0n) is 13.2. The summed E-state index contributed by atoms with van der Waals surface area (Å²) in [5, 5.41) is 0. The van der Waals surface area contributed by atoms with Gasteiger partial charge in [0.2, 0.25) is 11.2 Å². The van der Waals surface area contributed by atoms with Crippen LogP contribution in [-0.4, -0.2) is 37.8 Å². The summed E-state index contributed by atoms with van der Waals surface area (Å²) < 4.78 is 16.3. The Morgan fingerprint density at radius 1 is 1.30 bits per heavy atom. The second-order valence-electron chi connectivity index (χ2n) is 5.70. The third-order valence-corrected chi connectivity index (χ3v) is 3.98. The molecule has 1 fully saturated rings. The first kappa shape index (κ1) is 15.8. The van der Waals surface area contributed by atoms with Crippen molar-refractivity contribution in [3.8, 4) is 5.75 Å². The number of morpholine rings is 1. The van der Waals surface area contributed by atoms with E-state index >= 15 is 0 Å². The maximum absolute atomic E-state index is 11.8. The van der Waals surface area contributed by atoms with E-state index in [0.717, 1.165) is 19.5 Å². The molecular weight excluding hydrogens is 294 g/mol. The maximum atomic E-state index is 11.8. The van der Waals surface area contributed by atoms with E-state index in [0.29, 0.717) is 18.9 Å². The molecule has 3 rings (SSSR count). The first-order chi connectivity index (χ1) is 11.2. The third kappa shape index (κ3) is 4.21. The van der Waals surface area contributed by atoms with Gasteiger partial charge in [-0.2, -0.15) is 0 Å². The molecule has 0 radical (unpaired) electrons. The lowest BCUT2D eigenvalue weighted by atomic mass is 10.1. The van der Waals surface area contributed by atoms with Crippen LogP contribution in [0.15, 0.2) is 51.9 Å². The second kappa shape index (κ2) is 7.44. The summed E-state index contributed by atoms with van der Waals surface area (Å²) in [6.45, 7) is 2.96. The van der Waals surface area contributed by atoms with Gasteiger partial charge in [-0.3, -0.25) is 9.69 Å². The van der Waals surface area contributed by atoms with E-state index in [2.05, 4.69) is 17.0 Å². The molecule has 1 aliphatic heterocycles. The van der Waals surface area contributed by atoms with Gasteiger partial charge < -0.3 is 13.9 Å². The highest BCUT2D eigenvalue weighted by Crippen LogP contribution is 2.14. The van der Waals surface area contributed by atoms with Crippen molar-refractivity contribution in [2.75, 3.05) is 26.8 Å². The molecule has 0 unspecified atom stereocenters. The van der Waals surface area contributed by atoms with E-state index in [4.69, 9.17) is 13.9 Å². The number of ether oxygens (including phenoxy) is 2. The van der Waals surface area contributed by atoms with E-state index in [9.17, 15) is 4.79 Å². The largest absolute Gasteiger partial charge is 0.490 e. The molecule has 5 nitrogen and oxygen atoms in total. The minimum Gasteiger partial charge on any atom is -0.490 e. The number of methoxy groups -OCH3 is 1. The molecule has 1 aliphatic rings. The van der Waals surface area contributed by atoms with E-state index in [1.54, 1.807) is 0 Å². The monoisotopic (exact) mass is 315 g/mol. The van der Waals surface area contributed by atoms with E-state index in [-0.39, 0.29) is 17.3 Å². The van der Waals surface area contributed by atoms with Gasteiger partial charge in [-0.05, 0) is 12.0 Å². The summed E-state index contributed by atoms with van der Waals surface area (Å²) in [6, 6.07) is 11.8. The zero-order chi connectivity index (χ0) is 16.1. The normalized spacial score (nSPS) is 18.7. The molecule has 1 saturated heterocycles. The van der Waals surface area contributed by atoms with Crippen LogP contribution < -0.4 is 10.2 Å². The van der Waals surface area contributed by atoms with Gasteiger partial charge in [-0.15, -0.1) is 0 Å². The van der Waals surface area contributed by atoms with Crippen molar-refractivity contribution in [1.82, 2.24) is 4.90 Å². The van der Waals surface area contributed by atoms with E-state index < -0.39 is 0 Å². The summed E-state index contributed by atoms with van der Waals surface area (Å²) >= 11 is 0. The smallest absolute Gasteiger partial charge is 0.227 e. The van der Waals surface area contributed by atoms with Crippen molar-refractivity contribution in [2.24, 2.45) is 0 Å². The lowest BCUT2D eigenvalue weighted by Crippen LogP contribution is -2.42. The maximum Gasteiger partial charge on any atom is 0.227 e. The van der Waals surface area contributed by atoms with Crippen molar-refractivity contribution in [1.29, 1.82) is 0 Å². The first-order valence-corrected chi connectivity index (χ1v) is 7.78. The van der Waals surface area contributed by atoms with Crippen molar-refractivity contribution in [2.45, 2.75) is 19.1 Å². The summed E-state index contributed by atoms with van der Waals surface area (Å²) in [6.07, 6.45) is 2.43. The summed E-state index contributed by atoms with van der Waals surface area (Å²) in [5.41, 5.74) is 1.12. The molecule has 0 saturated carbocycles. The highest BCUT2D eigenvalue weighted by Gasteiger charge is 2.21. The van der Waals surface area contributed by atoms with Gasteiger partial charge >= 0.3 is 0 Å². The predicted molar refractivity (Wildman–Crippen MR) is 86.7 cm³/mol. The van der Waals surface area contributed by atoms with Crippen molar-refractivity contribution in [3.63, 3.8) is 0 Å². The standard InChI is InChI=1S/C18H21NO4/c1-21-18-13-23-16(10-17(18)20)12-19-7-8-22-15(11-19)9-14-5-3-2-4-6-14/h2-6,10,13,15H,7-9,11-12H2,1H3/t15-/m0/s1. The van der Waals surface area contributed by atoms with Crippen LogP contribution in [0.1, 0.15) is 11.3 Å². The fourth-order valence-electron chi connectivity index (χ4n) is 2.82. The molecule has 2 aromatic rings. The van der Waals surface area contributed by atoms with Crippen LogP contribution in [0.4, 0.5) is 0 Å². The molecule has 0 N–H and O–H groups in total. The van der Waals surface area contributed by atoms with Gasteiger partial charge in [-0.25, -0.2) is 0 Å². The summed E-state index contributed by atoms with van der Waals surface area (Å²) in [4.78, 5) is 14.0. The Kier molecular flexibility index (Phi) is 5.10. The SMILES string of the molecule is COc1coc(CN2CCO[C@@H](Cc3ccccc3)C2)cc1=O. The molecule has 1 aromatic carbocycles. The summed E-state index contributed by atoms with van der Waals surface area (Å²) in [5.74, 6) is 0.883. The number of hydrogen-bond acceptors (Lipinski definition) is 5. The molecule has 0 spiro atoms. The predicted octanol–water partition coefficient (Wildman–Crippen LogP) is 2.09. The van der Waals surface area contributed by atoms with Crippen molar-refractivity contribution < 1.29 is 13.9 Å². The summed E-state index contributed by atoms with van der Waals surface area (Å²) in [7, 11) is 1.46. The lowest BCUT2D eigenvalue weighted by Gasteiger charge is -2.32. The minimum absolute atomic E-state index is 0.150. The highest BCUT2D eigenvalue weighted by molar-refractivity contribution is 5.18. The fraction of sp³-hybridized carbons (Fsp3) is 0.389. The highest BCUT2D eigenvalue weighted by atomic mass is 16.5. The van der Waals surface area contributed by atoms with Gasteiger partial charge in [0.15, 0.2) is 0 Å². The molecular formula is C18H21NO4. The number of rotatable bonds is 5. The Balaban J connectivity index is 1.60. The molecule has 0 aliphatic carbocycles. The zero-order valence-corrected chi connectivity index (χ0v) is 13.2. The van der Waals surface area contributed by atoms with E-state index in [1.165, 1.54) is 25.0 Å². The van der Waals surface area contributed by atoms with Crippen LogP contribution in [0.3, 0.4) is 0 Å². The molecule has 0 amide bonds. The van der Waals surface area contributed by atoms with Crippen molar-refractivity contribution in [3.05, 3.63) is 64.2 Å². The number of nitrogens with zero attached hydrogens (tertiary/aromatic N) is 1. The first-order valence-electron chi connectivity index (χ1n) is 7.78. The molecule has 0 bridgehead atoms. The van der Waals surface area contributed by atoms with Gasteiger partial charge in [0.05, 0.1) is 26.4 Å². The van der Waals surface area contributed by atoms with E-state index in [1.807, 2.05) is 18.2 Å². The van der Waals surface area contributed by atoms with Crippen LogP contribution >= 0.6 is 0 Å². The fourth-order valence-corrected chi connectivity index (χ4v) is 2.82. The minimum atomic E-state index is -0.150. The van der Waals surface area contributed by atoms with Crippen LogP contribution in [0.5, 0.6) is 5.75 Å². The average molecular weight is 315 g/mol. The van der Waals surface area contributed by atoms with Gasteiger partial charge in [0.1, 0.15) is 12.0 Å². The number of hydrogen-bond donors (Lipinski definition) is 0. The molecule has 1 atom stereocenters. The number of benzene rings is 1. The van der Waals surface area contributed by atoms with Crippen molar-refractivity contribution >= 4 is 0 Å². The van der Waals surface area contributed by atoms with Crippen LogP contribution in [0, 0.1) is 0 Å². The van der Waals surface area contributed by atoms with Crippen LogP contribution in [0.2, 0.25) is 0 Å². The Labute approximate surface area is 135 Å². The Bertz CT molecular complexity index is 683. The third-order valence-electron chi connectivity index (χ3n) is 3.98. The Morgan fingerprint density at radius 3 is 2.87 bits per heavy atom. The topological polar surface area (TPSA) is 51.9 Å². The van der Waals surface area contributed by atoms with Gasteiger partial charge in [-0.1, -0.05) is 30.3 Å². The molecule has 122 valence electrons. The average Bonchev–Trinajstić information content (AvgIpc) is 2.56. The second-order valence-corrected chi connectivity index (χ2v) is 5.70. The van der Waals surface area contributed by atoms with Crippen LogP contribution in [0.25, 0.3) is 0 Å². The van der Waals surface area contributed by atoms with Gasteiger partial charge in [0.25, 0.3) is 0 Å². The Morgan fingerprint density at radius 2 is 2.13 bits per heavy atom. The Hall–Kier alpha value is -2.11. The van der Waals surface area contributed by atoms with Crippen LogP contribution in [-0.2, 0) is 17.7 Å². The van der Waals surface area contributed by atoms with Gasteiger partial charge in [0, 0.05) is 19.2 Å². The molecule has 23 heavy (non-hydrogen) atoms. The quantitative estimate of drug-likeness (QED) is 0.846. The molecule has 1 aromatic heterocycles. The lowest BCUT2D eigenvalue weighted by molar-refractivity contribution is -0.0324. The molecule has 2 heterocycles.